The Morgan fingerprint density at radius 3 is 2.86 bits per heavy atom. The molecular formula is C16H17N3O2S. The molecule has 1 amide bonds. The number of ether oxygens (including phenoxy) is 1. The second kappa shape index (κ2) is 5.61. The third-order valence-corrected chi connectivity index (χ3v) is 5.03. The predicted octanol–water partition coefficient (Wildman–Crippen LogP) is 2.04. The Kier molecular flexibility index (Phi) is 3.46. The normalized spacial score (nSPS) is 17.3. The van der Waals surface area contributed by atoms with Crippen LogP contribution in [-0.4, -0.2) is 48.6 Å². The fourth-order valence-electron chi connectivity index (χ4n) is 2.98. The standard InChI is InChI=1S/C16H17N3O2S/c20-15(13-1-2-14-12(11-13)3-9-21-14)18-5-7-19(8-6-18)16-17-4-10-22-16/h1-2,4,10-11H,3,5-9H2. The first-order valence-corrected chi connectivity index (χ1v) is 8.39. The number of rotatable bonds is 2. The Morgan fingerprint density at radius 1 is 1.23 bits per heavy atom. The van der Waals surface area contributed by atoms with E-state index in [-0.39, 0.29) is 5.91 Å². The number of hydrogen-bond acceptors (Lipinski definition) is 5. The summed E-state index contributed by atoms with van der Waals surface area (Å²) in [5, 5.41) is 3.03. The molecule has 22 heavy (non-hydrogen) atoms. The van der Waals surface area contributed by atoms with Gasteiger partial charge in [-0.1, -0.05) is 0 Å². The van der Waals surface area contributed by atoms with E-state index in [4.69, 9.17) is 4.74 Å². The van der Waals surface area contributed by atoms with Crippen molar-refractivity contribution < 1.29 is 9.53 Å². The first-order chi connectivity index (χ1) is 10.8. The summed E-state index contributed by atoms with van der Waals surface area (Å²) < 4.78 is 5.50. The molecule has 1 saturated heterocycles. The highest BCUT2D eigenvalue weighted by atomic mass is 32.1. The van der Waals surface area contributed by atoms with Gasteiger partial charge in [-0.25, -0.2) is 4.98 Å². The molecule has 0 bridgehead atoms. The number of anilines is 1. The molecule has 0 saturated carbocycles. The molecule has 114 valence electrons. The summed E-state index contributed by atoms with van der Waals surface area (Å²) in [6.07, 6.45) is 2.72. The number of carbonyl (C=O) groups excluding carboxylic acids is 1. The van der Waals surface area contributed by atoms with Gasteiger partial charge in [0, 0.05) is 49.7 Å². The zero-order chi connectivity index (χ0) is 14.9. The number of benzene rings is 1. The van der Waals surface area contributed by atoms with E-state index in [1.54, 1.807) is 11.3 Å². The number of nitrogens with zero attached hydrogens (tertiary/aromatic N) is 3. The van der Waals surface area contributed by atoms with Crippen LogP contribution in [-0.2, 0) is 6.42 Å². The largest absolute Gasteiger partial charge is 0.493 e. The molecule has 4 rings (SSSR count). The van der Waals surface area contributed by atoms with Crippen LogP contribution in [0, 0.1) is 0 Å². The van der Waals surface area contributed by atoms with Crippen LogP contribution in [0.1, 0.15) is 15.9 Å². The Bertz CT molecular complexity index is 679. The van der Waals surface area contributed by atoms with Crippen LogP contribution >= 0.6 is 11.3 Å². The van der Waals surface area contributed by atoms with Crippen molar-refractivity contribution in [2.45, 2.75) is 6.42 Å². The summed E-state index contributed by atoms with van der Waals surface area (Å²) >= 11 is 1.65. The lowest BCUT2D eigenvalue weighted by Crippen LogP contribution is -2.48. The number of hydrogen-bond donors (Lipinski definition) is 0. The summed E-state index contributed by atoms with van der Waals surface area (Å²) in [6.45, 7) is 3.89. The van der Waals surface area contributed by atoms with Crippen LogP contribution in [0.2, 0.25) is 0 Å². The van der Waals surface area contributed by atoms with Crippen LogP contribution < -0.4 is 9.64 Å². The minimum atomic E-state index is 0.119. The van der Waals surface area contributed by atoms with Crippen molar-refractivity contribution in [1.29, 1.82) is 0 Å². The Morgan fingerprint density at radius 2 is 2.09 bits per heavy atom. The van der Waals surface area contributed by atoms with Crippen molar-refractivity contribution in [3.8, 4) is 5.75 Å². The van der Waals surface area contributed by atoms with Crippen LogP contribution in [0.25, 0.3) is 0 Å². The minimum absolute atomic E-state index is 0.119. The van der Waals surface area contributed by atoms with Crippen LogP contribution in [0.15, 0.2) is 29.8 Å². The second-order valence-corrected chi connectivity index (χ2v) is 6.39. The van der Waals surface area contributed by atoms with Gasteiger partial charge >= 0.3 is 0 Å². The smallest absolute Gasteiger partial charge is 0.253 e. The molecule has 6 heteroatoms. The van der Waals surface area contributed by atoms with Gasteiger partial charge in [0.1, 0.15) is 5.75 Å². The topological polar surface area (TPSA) is 45.7 Å². The van der Waals surface area contributed by atoms with E-state index in [2.05, 4.69) is 9.88 Å². The van der Waals surface area contributed by atoms with Gasteiger partial charge in [0.05, 0.1) is 6.61 Å². The predicted molar refractivity (Wildman–Crippen MR) is 85.9 cm³/mol. The minimum Gasteiger partial charge on any atom is -0.493 e. The molecule has 1 aromatic heterocycles. The summed E-state index contributed by atoms with van der Waals surface area (Å²) in [6, 6.07) is 5.78. The molecule has 0 spiro atoms. The number of piperazine rings is 1. The van der Waals surface area contributed by atoms with Crippen LogP contribution in [0.4, 0.5) is 5.13 Å². The zero-order valence-electron chi connectivity index (χ0n) is 12.2. The van der Waals surface area contributed by atoms with E-state index in [9.17, 15) is 4.79 Å². The molecule has 1 fully saturated rings. The van der Waals surface area contributed by atoms with Crippen LogP contribution in [0.5, 0.6) is 5.75 Å². The lowest BCUT2D eigenvalue weighted by atomic mass is 10.1. The van der Waals surface area contributed by atoms with E-state index in [1.165, 1.54) is 0 Å². The number of carbonyl (C=O) groups is 1. The Balaban J connectivity index is 1.44. The summed E-state index contributed by atoms with van der Waals surface area (Å²) in [4.78, 5) is 21.2. The molecular weight excluding hydrogens is 298 g/mol. The van der Waals surface area contributed by atoms with Gasteiger partial charge in [-0.05, 0) is 23.8 Å². The first kappa shape index (κ1) is 13.6. The van der Waals surface area contributed by atoms with E-state index in [1.807, 2.05) is 34.7 Å². The highest BCUT2D eigenvalue weighted by molar-refractivity contribution is 7.13. The average Bonchev–Trinajstić information content (AvgIpc) is 3.25. The van der Waals surface area contributed by atoms with Crippen molar-refractivity contribution in [2.75, 3.05) is 37.7 Å². The van der Waals surface area contributed by atoms with Gasteiger partial charge in [-0.15, -0.1) is 11.3 Å². The number of aromatic nitrogens is 1. The van der Waals surface area contributed by atoms with Gasteiger partial charge in [-0.2, -0.15) is 0 Å². The SMILES string of the molecule is O=C(c1ccc2c(c1)CCO2)N1CCN(c2nccs2)CC1. The van der Waals surface area contributed by atoms with Gasteiger partial charge in [0.2, 0.25) is 0 Å². The maximum absolute atomic E-state index is 12.6. The van der Waals surface area contributed by atoms with Crippen molar-refractivity contribution in [3.63, 3.8) is 0 Å². The molecule has 3 heterocycles. The fourth-order valence-corrected chi connectivity index (χ4v) is 3.67. The average molecular weight is 315 g/mol. The molecule has 2 aliphatic rings. The molecule has 0 N–H and O–H groups in total. The molecule has 0 radical (unpaired) electrons. The van der Waals surface area contributed by atoms with Gasteiger partial charge < -0.3 is 14.5 Å². The summed E-state index contributed by atoms with van der Waals surface area (Å²) in [5.41, 5.74) is 1.92. The third kappa shape index (κ3) is 2.43. The van der Waals surface area contributed by atoms with E-state index >= 15 is 0 Å². The second-order valence-electron chi connectivity index (χ2n) is 5.51. The van der Waals surface area contributed by atoms with E-state index < -0.39 is 0 Å². The van der Waals surface area contributed by atoms with Crippen LogP contribution in [0.3, 0.4) is 0 Å². The highest BCUT2D eigenvalue weighted by Crippen LogP contribution is 2.27. The molecule has 5 nitrogen and oxygen atoms in total. The Hall–Kier alpha value is -2.08. The molecule has 1 aromatic carbocycles. The maximum atomic E-state index is 12.6. The molecule has 2 aromatic rings. The molecule has 2 aliphatic heterocycles. The van der Waals surface area contributed by atoms with E-state index in [0.717, 1.165) is 61.2 Å². The monoisotopic (exact) mass is 315 g/mol. The molecule has 0 atom stereocenters. The lowest BCUT2D eigenvalue weighted by molar-refractivity contribution is 0.0746. The number of fused-ring (bicyclic) bond motifs is 1. The molecule has 0 unspecified atom stereocenters. The highest BCUT2D eigenvalue weighted by Gasteiger charge is 2.24. The summed E-state index contributed by atoms with van der Waals surface area (Å²) in [7, 11) is 0. The zero-order valence-corrected chi connectivity index (χ0v) is 13.0. The summed E-state index contributed by atoms with van der Waals surface area (Å²) in [5.74, 6) is 1.04. The maximum Gasteiger partial charge on any atom is 0.253 e. The lowest BCUT2D eigenvalue weighted by Gasteiger charge is -2.34. The third-order valence-electron chi connectivity index (χ3n) is 4.19. The fraction of sp³-hybridized carbons (Fsp3) is 0.375. The van der Waals surface area contributed by atoms with E-state index in [0.29, 0.717) is 0 Å². The number of thiazole rings is 1. The molecule has 0 aliphatic carbocycles. The van der Waals surface area contributed by atoms with Gasteiger partial charge in [0.15, 0.2) is 5.13 Å². The quantitative estimate of drug-likeness (QED) is 0.851. The van der Waals surface area contributed by atoms with Crippen molar-refractivity contribution in [2.24, 2.45) is 0 Å². The van der Waals surface area contributed by atoms with Gasteiger partial charge in [-0.3, -0.25) is 4.79 Å². The number of amides is 1. The van der Waals surface area contributed by atoms with Crippen molar-refractivity contribution in [3.05, 3.63) is 40.9 Å². The Labute approximate surface area is 133 Å². The van der Waals surface area contributed by atoms with Crippen molar-refractivity contribution >= 4 is 22.4 Å². The van der Waals surface area contributed by atoms with Crippen molar-refractivity contribution in [1.82, 2.24) is 9.88 Å². The first-order valence-electron chi connectivity index (χ1n) is 7.51. The van der Waals surface area contributed by atoms with Gasteiger partial charge in [0.25, 0.3) is 5.91 Å².